The predicted octanol–water partition coefficient (Wildman–Crippen LogP) is 18.9. The molecule has 0 nitrogen and oxygen atoms in total. The van der Waals surface area contributed by atoms with Gasteiger partial charge in [0.2, 0.25) is 0 Å². The van der Waals surface area contributed by atoms with Gasteiger partial charge in [0.25, 0.3) is 0 Å². The maximum atomic E-state index is 4.49. The van der Waals surface area contributed by atoms with Crippen molar-refractivity contribution in [3.8, 4) is 66.8 Å². The van der Waals surface area contributed by atoms with Gasteiger partial charge in [-0.2, -0.15) is 0 Å². The summed E-state index contributed by atoms with van der Waals surface area (Å²) in [6.45, 7) is 14.6. The Labute approximate surface area is 411 Å². The van der Waals surface area contributed by atoms with Gasteiger partial charge in [0.15, 0.2) is 0 Å². The van der Waals surface area contributed by atoms with Crippen molar-refractivity contribution in [2.75, 3.05) is 0 Å². The molecule has 0 heteroatoms. The third kappa shape index (κ3) is 6.60. The number of hydrogen-bond acceptors (Lipinski definition) is 0. The predicted molar refractivity (Wildman–Crippen MR) is 301 cm³/mol. The van der Waals surface area contributed by atoms with Crippen molar-refractivity contribution in [2.45, 2.75) is 12.3 Å². The summed E-state index contributed by atoms with van der Waals surface area (Å²) in [7, 11) is 0. The fraction of sp³-hybridized carbons (Fsp3) is 0.0286. The van der Waals surface area contributed by atoms with Crippen LogP contribution in [-0.2, 0) is 5.41 Å². The molecule has 0 amide bonds. The Kier molecular flexibility index (Phi) is 10.5. The summed E-state index contributed by atoms with van der Waals surface area (Å²) in [5, 5.41) is 4.94. The largest absolute Gasteiger partial charge is 0.0990 e. The van der Waals surface area contributed by atoms with Gasteiger partial charge in [-0.1, -0.05) is 244 Å². The molecule has 2 aliphatic carbocycles. The highest BCUT2D eigenvalue weighted by Gasteiger charge is 2.51. The van der Waals surface area contributed by atoms with Crippen molar-refractivity contribution in [3.63, 3.8) is 0 Å². The van der Waals surface area contributed by atoms with E-state index in [1.807, 2.05) is 18.2 Å². The van der Waals surface area contributed by atoms with E-state index < -0.39 is 5.41 Å². The van der Waals surface area contributed by atoms with Crippen molar-refractivity contribution in [1.82, 2.24) is 0 Å². The summed E-state index contributed by atoms with van der Waals surface area (Å²) in [6, 6.07) is 78.6. The minimum atomic E-state index is -0.488. The molecule has 0 saturated carbocycles. The molecule has 10 aromatic rings. The van der Waals surface area contributed by atoms with Gasteiger partial charge in [0.1, 0.15) is 0 Å². The second kappa shape index (κ2) is 17.4. The highest BCUT2D eigenvalue weighted by Crippen LogP contribution is 2.63. The average molecular weight is 891 g/mol. The molecular formula is C70H50. The van der Waals surface area contributed by atoms with Crippen LogP contribution in [0, 0.1) is 0 Å². The van der Waals surface area contributed by atoms with Crippen molar-refractivity contribution < 1.29 is 0 Å². The van der Waals surface area contributed by atoms with Crippen molar-refractivity contribution >= 4 is 32.7 Å². The highest BCUT2D eigenvalue weighted by atomic mass is 14.5. The minimum absolute atomic E-state index is 0.488. The van der Waals surface area contributed by atoms with Crippen LogP contribution in [0.1, 0.15) is 34.7 Å². The summed E-state index contributed by atoms with van der Waals surface area (Å²) in [5.41, 5.74) is 23.8. The Morgan fingerprint density at radius 3 is 1.37 bits per heavy atom. The maximum Gasteiger partial charge on any atom is 0.0725 e. The molecule has 0 fully saturated rings. The summed E-state index contributed by atoms with van der Waals surface area (Å²) < 4.78 is 0. The van der Waals surface area contributed by atoms with Crippen molar-refractivity contribution in [2.24, 2.45) is 0 Å². The smallest absolute Gasteiger partial charge is 0.0725 e. The van der Waals surface area contributed by atoms with Gasteiger partial charge >= 0.3 is 0 Å². The minimum Gasteiger partial charge on any atom is -0.0990 e. The van der Waals surface area contributed by atoms with Gasteiger partial charge in [0.05, 0.1) is 5.41 Å². The van der Waals surface area contributed by atoms with Crippen LogP contribution in [0.5, 0.6) is 0 Å². The molecule has 12 rings (SSSR count). The Hall–Kier alpha value is -8.84. The van der Waals surface area contributed by atoms with Gasteiger partial charge in [-0.15, -0.1) is 0 Å². The molecule has 0 aromatic heterocycles. The van der Waals surface area contributed by atoms with Gasteiger partial charge in [-0.05, 0) is 164 Å². The van der Waals surface area contributed by atoms with Gasteiger partial charge < -0.3 is 0 Å². The molecule has 0 saturated heterocycles. The molecule has 0 N–H and O–H groups in total. The van der Waals surface area contributed by atoms with Crippen LogP contribution in [-0.4, -0.2) is 0 Å². The third-order valence-corrected chi connectivity index (χ3v) is 14.7. The lowest BCUT2D eigenvalue weighted by atomic mass is 9.69. The molecule has 0 unspecified atom stereocenters. The van der Waals surface area contributed by atoms with Crippen LogP contribution in [0.15, 0.2) is 274 Å². The fourth-order valence-electron chi connectivity index (χ4n) is 11.8. The van der Waals surface area contributed by atoms with Crippen LogP contribution >= 0.6 is 0 Å². The molecule has 0 radical (unpaired) electrons. The van der Waals surface area contributed by atoms with E-state index in [1.165, 1.54) is 105 Å². The molecule has 70 heavy (non-hydrogen) atoms. The number of rotatable bonds is 10. The molecule has 1 spiro atoms. The topological polar surface area (TPSA) is 0 Å². The zero-order valence-electron chi connectivity index (χ0n) is 39.3. The second-order valence-electron chi connectivity index (χ2n) is 18.4. The van der Waals surface area contributed by atoms with Crippen LogP contribution in [0.3, 0.4) is 0 Å². The second-order valence-corrected chi connectivity index (χ2v) is 18.4. The molecule has 2 aliphatic rings. The van der Waals surface area contributed by atoms with Crippen LogP contribution in [0.2, 0.25) is 0 Å². The zero-order chi connectivity index (χ0) is 47.3. The van der Waals surface area contributed by atoms with E-state index >= 15 is 0 Å². The quantitative estimate of drug-likeness (QED) is 0.0948. The lowest BCUT2D eigenvalue weighted by Gasteiger charge is -2.32. The number of benzene rings is 10. The fourth-order valence-corrected chi connectivity index (χ4v) is 11.8. The molecule has 0 bridgehead atoms. The molecule has 330 valence electrons. The van der Waals surface area contributed by atoms with E-state index in [0.717, 1.165) is 27.8 Å². The lowest BCUT2D eigenvalue weighted by molar-refractivity contribution is 0.787. The monoisotopic (exact) mass is 890 g/mol. The van der Waals surface area contributed by atoms with E-state index in [2.05, 4.69) is 257 Å². The first-order valence-electron chi connectivity index (χ1n) is 24.2. The molecule has 10 aromatic carbocycles. The Bertz CT molecular complexity index is 3750. The van der Waals surface area contributed by atoms with Gasteiger partial charge in [-0.25, -0.2) is 0 Å². The van der Waals surface area contributed by atoms with Crippen LogP contribution in [0.4, 0.5) is 0 Å². The van der Waals surface area contributed by atoms with E-state index in [4.69, 9.17) is 0 Å². The van der Waals surface area contributed by atoms with Gasteiger partial charge in [-0.3, -0.25) is 0 Å². The van der Waals surface area contributed by atoms with Crippen molar-refractivity contribution in [1.29, 1.82) is 0 Å². The van der Waals surface area contributed by atoms with Crippen molar-refractivity contribution in [3.05, 3.63) is 302 Å². The average Bonchev–Trinajstić information content (AvgIpc) is 3.88. The van der Waals surface area contributed by atoms with Gasteiger partial charge in [0, 0.05) is 0 Å². The molecule has 0 aliphatic heterocycles. The summed E-state index contributed by atoms with van der Waals surface area (Å²) in [4.78, 5) is 0. The SMILES string of the molecule is C=C/C=C(\C=C)c1cc(-c2ccccc2)cc(-c2ccc(-c3ccc(-c4c5ccccc5c(-c5ccc6c(c5)C5(C(C=C)=C6/C=C\C)c6ccccc6-c6ccccc65)c5ccccc45)cc3)cc2)c1. The Morgan fingerprint density at radius 1 is 0.400 bits per heavy atom. The van der Waals surface area contributed by atoms with E-state index in [-0.39, 0.29) is 0 Å². The first kappa shape index (κ1) is 42.5. The van der Waals surface area contributed by atoms with Crippen LogP contribution < -0.4 is 0 Å². The van der Waals surface area contributed by atoms with E-state index in [0.29, 0.717) is 0 Å². The molecule has 0 atom stereocenters. The molecular weight excluding hydrogens is 841 g/mol. The Morgan fingerprint density at radius 2 is 0.857 bits per heavy atom. The summed E-state index contributed by atoms with van der Waals surface area (Å²) in [6.07, 6.45) is 12.3. The maximum absolute atomic E-state index is 4.49. The number of fused-ring (bicyclic) bond motifs is 9. The highest BCUT2D eigenvalue weighted by molar-refractivity contribution is 6.21. The molecule has 0 heterocycles. The number of allylic oxidation sites excluding steroid dienone is 9. The first-order valence-corrected chi connectivity index (χ1v) is 24.2. The third-order valence-electron chi connectivity index (χ3n) is 14.7. The Balaban J connectivity index is 0.957. The summed E-state index contributed by atoms with van der Waals surface area (Å²) >= 11 is 0. The zero-order valence-corrected chi connectivity index (χ0v) is 39.3. The first-order chi connectivity index (χ1) is 34.5. The number of hydrogen-bond donors (Lipinski definition) is 0. The lowest BCUT2D eigenvalue weighted by Crippen LogP contribution is -2.26. The van der Waals surface area contributed by atoms with E-state index in [1.54, 1.807) is 0 Å². The summed E-state index contributed by atoms with van der Waals surface area (Å²) in [5.74, 6) is 0. The standard InChI is InChI=1S/C70H50/c1-5-20-46(7-3)53-42-54(47-22-10-9-11-23-47)44-55(43-53)50-34-32-48(33-35-50)49-36-38-51(39-37-49)68-60-26-12-14-28-62(60)69(63-29-15-13-27-61(63)68)52-40-41-59-56(21-6-2)64(8-4)70(67(59)45-52)65-30-18-16-24-57(65)58-25-17-19-31-66(58)70/h5-45H,1,3-4H2,2H3/b21-6-,46-20+. The van der Waals surface area contributed by atoms with Crippen LogP contribution in [0.25, 0.3) is 99.5 Å². The van der Waals surface area contributed by atoms with E-state index in [9.17, 15) is 0 Å². The normalized spacial score (nSPS) is 13.5.